The zero-order valence-electron chi connectivity index (χ0n) is 9.84. The van der Waals surface area contributed by atoms with Crippen LogP contribution in [0.15, 0.2) is 22.8 Å². The second-order valence-electron chi connectivity index (χ2n) is 3.89. The van der Waals surface area contributed by atoms with Crippen LogP contribution in [0.5, 0.6) is 0 Å². The molecule has 3 N–H and O–H groups in total. The Bertz CT molecular complexity index is 462. The van der Waals surface area contributed by atoms with E-state index in [0.717, 1.165) is 12.2 Å². The molecule has 0 radical (unpaired) electrons. The summed E-state index contributed by atoms with van der Waals surface area (Å²) in [5.74, 6) is 2.24. The number of anilines is 2. The Balaban J connectivity index is 2.00. The minimum atomic E-state index is 0.155. The van der Waals surface area contributed by atoms with Gasteiger partial charge in [-0.15, -0.1) is 0 Å². The molecule has 6 heteroatoms. The molecule has 0 aliphatic carbocycles. The highest BCUT2D eigenvalue weighted by Gasteiger charge is 2.08. The summed E-state index contributed by atoms with van der Waals surface area (Å²) in [5, 5.41) is 3.16. The molecule has 0 spiro atoms. The maximum absolute atomic E-state index is 5.55. The van der Waals surface area contributed by atoms with Crippen molar-refractivity contribution in [2.24, 2.45) is 0 Å². The lowest BCUT2D eigenvalue weighted by molar-refractivity contribution is 0.497. The van der Waals surface area contributed by atoms with Gasteiger partial charge >= 0.3 is 0 Å². The summed E-state index contributed by atoms with van der Waals surface area (Å²) in [5.41, 5.74) is 5.55. The maximum atomic E-state index is 5.55. The zero-order chi connectivity index (χ0) is 12.3. The first-order valence-corrected chi connectivity index (χ1v) is 5.40. The average molecular weight is 233 g/mol. The fourth-order valence-electron chi connectivity index (χ4n) is 1.57. The van der Waals surface area contributed by atoms with Crippen molar-refractivity contribution in [2.75, 3.05) is 11.1 Å². The summed E-state index contributed by atoms with van der Waals surface area (Å²) in [6.45, 7) is 3.80. The van der Waals surface area contributed by atoms with E-state index in [1.165, 1.54) is 0 Å². The van der Waals surface area contributed by atoms with Crippen molar-refractivity contribution in [3.63, 3.8) is 0 Å². The molecule has 17 heavy (non-hydrogen) atoms. The van der Waals surface area contributed by atoms with Gasteiger partial charge in [-0.05, 0) is 26.0 Å². The molecule has 0 bridgehead atoms. The van der Waals surface area contributed by atoms with Crippen molar-refractivity contribution in [2.45, 2.75) is 26.3 Å². The van der Waals surface area contributed by atoms with Gasteiger partial charge in [0.1, 0.15) is 11.6 Å². The van der Waals surface area contributed by atoms with Gasteiger partial charge in [-0.25, -0.2) is 0 Å². The fourth-order valence-corrected chi connectivity index (χ4v) is 1.57. The third-order valence-electron chi connectivity index (χ3n) is 2.23. The summed E-state index contributed by atoms with van der Waals surface area (Å²) >= 11 is 0. The normalized spacial score (nSPS) is 12.4. The van der Waals surface area contributed by atoms with Crippen LogP contribution < -0.4 is 11.1 Å². The van der Waals surface area contributed by atoms with E-state index in [9.17, 15) is 0 Å². The number of nitrogens with two attached hydrogens (primary N) is 1. The van der Waals surface area contributed by atoms with E-state index in [0.29, 0.717) is 11.8 Å². The van der Waals surface area contributed by atoms with Crippen molar-refractivity contribution in [1.29, 1.82) is 0 Å². The number of hydrogen-bond acceptors (Lipinski definition) is 6. The van der Waals surface area contributed by atoms with Crippen molar-refractivity contribution in [3.8, 4) is 0 Å². The first-order chi connectivity index (χ1) is 8.13. The minimum absolute atomic E-state index is 0.155. The van der Waals surface area contributed by atoms with Crippen LogP contribution in [-0.2, 0) is 6.42 Å². The predicted octanol–water partition coefficient (Wildman–Crippen LogP) is 1.40. The van der Waals surface area contributed by atoms with Gasteiger partial charge in [0.2, 0.25) is 11.9 Å². The summed E-state index contributed by atoms with van der Waals surface area (Å²) < 4.78 is 5.27. The van der Waals surface area contributed by atoms with Crippen LogP contribution in [0, 0.1) is 6.92 Å². The summed E-state index contributed by atoms with van der Waals surface area (Å²) in [6.07, 6.45) is 2.42. The first kappa shape index (κ1) is 11.4. The molecule has 90 valence electrons. The third kappa shape index (κ3) is 3.17. The molecule has 2 heterocycles. The lowest BCUT2D eigenvalue weighted by atomic mass is 10.2. The predicted molar refractivity (Wildman–Crippen MR) is 64.5 cm³/mol. The first-order valence-electron chi connectivity index (χ1n) is 5.40. The quantitative estimate of drug-likeness (QED) is 0.829. The molecule has 0 fully saturated rings. The topological polar surface area (TPSA) is 89.9 Å². The minimum Gasteiger partial charge on any atom is -0.469 e. The van der Waals surface area contributed by atoms with E-state index in [4.69, 9.17) is 10.2 Å². The van der Waals surface area contributed by atoms with Gasteiger partial charge < -0.3 is 15.5 Å². The Morgan fingerprint density at radius 2 is 2.24 bits per heavy atom. The van der Waals surface area contributed by atoms with Crippen molar-refractivity contribution < 1.29 is 4.42 Å². The number of hydrogen-bond donors (Lipinski definition) is 2. The van der Waals surface area contributed by atoms with Crippen LogP contribution in [-0.4, -0.2) is 21.0 Å². The number of aryl methyl sites for hydroxylation is 1. The highest BCUT2D eigenvalue weighted by atomic mass is 16.3. The van der Waals surface area contributed by atoms with Gasteiger partial charge in [0, 0.05) is 12.5 Å². The summed E-state index contributed by atoms with van der Waals surface area (Å²) in [6, 6.07) is 3.96. The molecular weight excluding hydrogens is 218 g/mol. The second kappa shape index (κ2) is 4.82. The van der Waals surface area contributed by atoms with E-state index < -0.39 is 0 Å². The fraction of sp³-hybridized carbons (Fsp3) is 0.364. The number of furan rings is 1. The molecule has 0 aromatic carbocycles. The molecule has 0 saturated heterocycles. The number of nitrogens with zero attached hydrogens (tertiary/aromatic N) is 3. The summed E-state index contributed by atoms with van der Waals surface area (Å²) in [7, 11) is 0. The van der Waals surface area contributed by atoms with Crippen molar-refractivity contribution >= 4 is 11.9 Å². The molecule has 0 aliphatic heterocycles. The Labute approximate surface area is 99.3 Å². The van der Waals surface area contributed by atoms with Crippen LogP contribution in [0.3, 0.4) is 0 Å². The van der Waals surface area contributed by atoms with Gasteiger partial charge in [-0.3, -0.25) is 0 Å². The lowest BCUT2D eigenvalue weighted by Gasteiger charge is -2.12. The Morgan fingerprint density at radius 1 is 1.41 bits per heavy atom. The Hall–Kier alpha value is -2.11. The number of nitrogen functional groups attached to an aromatic ring is 1. The lowest BCUT2D eigenvalue weighted by Crippen LogP contribution is -2.20. The van der Waals surface area contributed by atoms with E-state index in [-0.39, 0.29) is 12.0 Å². The second-order valence-corrected chi connectivity index (χ2v) is 3.89. The molecule has 2 aromatic rings. The number of aromatic nitrogens is 3. The zero-order valence-corrected chi connectivity index (χ0v) is 9.84. The molecule has 2 rings (SSSR count). The van der Waals surface area contributed by atoms with Crippen LogP contribution >= 0.6 is 0 Å². The monoisotopic (exact) mass is 233 g/mol. The standard InChI is InChI=1S/C11H15N5O/c1-7(6-9-4-3-5-17-9)13-11-15-8(2)14-10(12)16-11/h3-5,7H,6H2,1-2H3,(H3,12,13,14,15,16). The van der Waals surface area contributed by atoms with Gasteiger partial charge in [0.25, 0.3) is 0 Å². The molecule has 1 atom stereocenters. The SMILES string of the molecule is Cc1nc(N)nc(NC(C)Cc2ccco2)n1. The van der Waals surface area contributed by atoms with Crippen LogP contribution in [0.25, 0.3) is 0 Å². The molecule has 6 nitrogen and oxygen atoms in total. The van der Waals surface area contributed by atoms with E-state index in [1.807, 2.05) is 19.1 Å². The van der Waals surface area contributed by atoms with E-state index in [2.05, 4.69) is 20.3 Å². The maximum Gasteiger partial charge on any atom is 0.227 e. The molecular formula is C11H15N5O. The number of nitrogens with one attached hydrogen (secondary N) is 1. The van der Waals surface area contributed by atoms with Gasteiger partial charge in [-0.2, -0.15) is 15.0 Å². The average Bonchev–Trinajstić information content (AvgIpc) is 2.67. The molecule has 0 saturated carbocycles. The molecule has 2 aromatic heterocycles. The summed E-state index contributed by atoms with van der Waals surface area (Å²) in [4.78, 5) is 12.1. The molecule has 0 aliphatic rings. The van der Waals surface area contributed by atoms with Crippen molar-refractivity contribution in [3.05, 3.63) is 30.0 Å². The Morgan fingerprint density at radius 3 is 2.88 bits per heavy atom. The smallest absolute Gasteiger partial charge is 0.227 e. The highest BCUT2D eigenvalue weighted by molar-refractivity contribution is 5.31. The highest BCUT2D eigenvalue weighted by Crippen LogP contribution is 2.08. The van der Waals surface area contributed by atoms with Gasteiger partial charge in [-0.1, -0.05) is 0 Å². The van der Waals surface area contributed by atoms with E-state index >= 15 is 0 Å². The molecule has 1 unspecified atom stereocenters. The number of rotatable bonds is 4. The van der Waals surface area contributed by atoms with Crippen LogP contribution in [0.2, 0.25) is 0 Å². The van der Waals surface area contributed by atoms with Crippen LogP contribution in [0.4, 0.5) is 11.9 Å². The largest absolute Gasteiger partial charge is 0.469 e. The van der Waals surface area contributed by atoms with Crippen LogP contribution in [0.1, 0.15) is 18.5 Å². The molecule has 0 amide bonds. The van der Waals surface area contributed by atoms with Gasteiger partial charge in [0.15, 0.2) is 0 Å². The third-order valence-corrected chi connectivity index (χ3v) is 2.23. The Kier molecular flexibility index (Phi) is 3.22. The van der Waals surface area contributed by atoms with Crippen molar-refractivity contribution in [1.82, 2.24) is 15.0 Å². The van der Waals surface area contributed by atoms with E-state index in [1.54, 1.807) is 13.2 Å². The van der Waals surface area contributed by atoms with Gasteiger partial charge in [0.05, 0.1) is 6.26 Å².